The number of aromatic nitrogens is 1. The van der Waals surface area contributed by atoms with E-state index in [1.54, 1.807) is 12.5 Å². The Hall–Kier alpha value is -2.66. The minimum absolute atomic E-state index is 0.0328. The summed E-state index contributed by atoms with van der Waals surface area (Å²) in [5, 5.41) is 14.4. The Balaban J connectivity index is 1.24. The van der Waals surface area contributed by atoms with Gasteiger partial charge in [-0.1, -0.05) is 12.1 Å². The van der Waals surface area contributed by atoms with E-state index >= 15 is 0 Å². The van der Waals surface area contributed by atoms with Crippen molar-refractivity contribution in [2.75, 3.05) is 0 Å². The Labute approximate surface area is 163 Å². The number of fused-ring (bicyclic) bond motifs is 1. The van der Waals surface area contributed by atoms with E-state index in [1.165, 1.54) is 0 Å². The van der Waals surface area contributed by atoms with E-state index in [2.05, 4.69) is 10.3 Å². The molecule has 2 N–H and O–H groups in total. The van der Waals surface area contributed by atoms with Crippen LogP contribution in [0.5, 0.6) is 0 Å². The number of amides is 1. The van der Waals surface area contributed by atoms with Gasteiger partial charge < -0.3 is 14.8 Å². The van der Waals surface area contributed by atoms with Gasteiger partial charge in [0, 0.05) is 28.8 Å². The van der Waals surface area contributed by atoms with Gasteiger partial charge in [-0.25, -0.2) is 0 Å². The number of aliphatic hydroxyl groups is 1. The van der Waals surface area contributed by atoms with Gasteiger partial charge >= 0.3 is 0 Å². The molecule has 0 bridgehead atoms. The minimum atomic E-state index is -0.392. The Morgan fingerprint density at radius 1 is 1.07 bits per heavy atom. The van der Waals surface area contributed by atoms with Crippen LogP contribution in [0.2, 0.25) is 0 Å². The van der Waals surface area contributed by atoms with E-state index < -0.39 is 5.60 Å². The molecule has 0 radical (unpaired) electrons. The summed E-state index contributed by atoms with van der Waals surface area (Å²) in [6, 6.07) is 11.5. The van der Waals surface area contributed by atoms with Gasteiger partial charge in [-0.3, -0.25) is 9.78 Å². The van der Waals surface area contributed by atoms with E-state index in [-0.39, 0.29) is 11.9 Å². The average Bonchev–Trinajstić information content (AvgIpc) is 3.29. The summed E-state index contributed by atoms with van der Waals surface area (Å²) in [4.78, 5) is 17.1. The van der Waals surface area contributed by atoms with Crippen LogP contribution in [0.15, 0.2) is 53.3 Å². The van der Waals surface area contributed by atoms with Crippen LogP contribution in [0, 0.1) is 5.92 Å². The number of benzene rings is 1. The third-order valence-corrected chi connectivity index (χ3v) is 6.38. The fraction of sp³-hybridized carbons (Fsp3) is 0.391. The number of furan rings is 1. The normalized spacial score (nSPS) is 23.5. The molecule has 5 heteroatoms. The van der Waals surface area contributed by atoms with Gasteiger partial charge in [0.25, 0.3) is 5.91 Å². The van der Waals surface area contributed by atoms with E-state index in [0.29, 0.717) is 11.5 Å². The van der Waals surface area contributed by atoms with Gasteiger partial charge in [0.05, 0.1) is 17.6 Å². The van der Waals surface area contributed by atoms with Crippen LogP contribution in [0.1, 0.15) is 48.9 Å². The third kappa shape index (κ3) is 3.20. The summed E-state index contributed by atoms with van der Waals surface area (Å²) in [6.07, 6.45) is 9.18. The summed E-state index contributed by atoms with van der Waals surface area (Å²) in [6.45, 7) is 0. The van der Waals surface area contributed by atoms with Crippen LogP contribution in [0.25, 0.3) is 22.2 Å². The maximum Gasteiger partial charge on any atom is 0.251 e. The number of carbonyl (C=O) groups is 1. The van der Waals surface area contributed by atoms with Gasteiger partial charge in [0.1, 0.15) is 5.58 Å². The molecule has 144 valence electrons. The van der Waals surface area contributed by atoms with Crippen molar-refractivity contribution >= 4 is 16.9 Å². The van der Waals surface area contributed by atoms with Crippen molar-refractivity contribution in [1.29, 1.82) is 0 Å². The molecular formula is C23H24N2O3. The van der Waals surface area contributed by atoms with Gasteiger partial charge in [-0.15, -0.1) is 0 Å². The van der Waals surface area contributed by atoms with Crippen LogP contribution in [0.4, 0.5) is 0 Å². The first kappa shape index (κ1) is 17.4. The lowest BCUT2D eigenvalue weighted by Crippen LogP contribution is -2.39. The monoisotopic (exact) mass is 376 g/mol. The number of pyridine rings is 1. The number of carbonyl (C=O) groups excluding carboxylic acids is 1. The molecule has 0 unspecified atom stereocenters. The molecule has 28 heavy (non-hydrogen) atoms. The molecule has 0 atom stereocenters. The molecular weight excluding hydrogens is 352 g/mol. The number of nitrogens with zero attached hydrogens (tertiary/aromatic N) is 1. The number of nitrogens with one attached hydrogen (secondary N) is 1. The largest absolute Gasteiger partial charge is 0.464 e. The Morgan fingerprint density at radius 3 is 2.54 bits per heavy atom. The second kappa shape index (κ2) is 6.74. The highest BCUT2D eigenvalue weighted by atomic mass is 16.3. The third-order valence-electron chi connectivity index (χ3n) is 6.38. The zero-order chi connectivity index (χ0) is 19.1. The molecule has 1 amide bonds. The Kier molecular flexibility index (Phi) is 4.20. The van der Waals surface area contributed by atoms with Gasteiger partial charge in [0.15, 0.2) is 0 Å². The minimum Gasteiger partial charge on any atom is -0.464 e. The number of hydrogen-bond donors (Lipinski definition) is 2. The van der Waals surface area contributed by atoms with E-state index in [1.807, 2.05) is 36.4 Å². The first-order valence-corrected chi connectivity index (χ1v) is 10.1. The lowest BCUT2D eigenvalue weighted by atomic mass is 9.81. The fourth-order valence-electron chi connectivity index (χ4n) is 4.48. The second-order valence-corrected chi connectivity index (χ2v) is 8.19. The molecule has 2 aliphatic rings. The van der Waals surface area contributed by atoms with Gasteiger partial charge in [0.2, 0.25) is 0 Å². The summed E-state index contributed by atoms with van der Waals surface area (Å²) >= 11 is 0. The fourth-order valence-corrected chi connectivity index (χ4v) is 4.48. The molecule has 2 aliphatic carbocycles. The maximum atomic E-state index is 12.6. The summed E-state index contributed by atoms with van der Waals surface area (Å²) in [7, 11) is 0. The van der Waals surface area contributed by atoms with E-state index in [4.69, 9.17) is 4.42 Å². The van der Waals surface area contributed by atoms with Crippen molar-refractivity contribution in [3.63, 3.8) is 0 Å². The standard InChI is InChI=1S/C23H24N2O3/c26-22(25-18-7-5-17(6-8-18)23(27)11-12-23)16-3-1-15(2-4-16)21-19-10-14-28-20(19)9-13-24-21/h1-4,9-10,13-14,17-18,27H,5-8,11-12H2,(H,25,26)/t17-,18-. The quantitative estimate of drug-likeness (QED) is 0.711. The molecule has 2 saturated carbocycles. The van der Waals surface area contributed by atoms with E-state index in [0.717, 1.165) is 60.8 Å². The maximum absolute atomic E-state index is 12.6. The molecule has 3 aromatic rings. The van der Waals surface area contributed by atoms with Crippen molar-refractivity contribution in [3.8, 4) is 11.3 Å². The van der Waals surface area contributed by atoms with Crippen molar-refractivity contribution in [2.24, 2.45) is 5.92 Å². The summed E-state index contributed by atoms with van der Waals surface area (Å²) in [5.41, 5.74) is 2.89. The van der Waals surface area contributed by atoms with Gasteiger partial charge in [-0.2, -0.15) is 0 Å². The van der Waals surface area contributed by atoms with Crippen molar-refractivity contribution in [3.05, 3.63) is 54.4 Å². The first-order chi connectivity index (χ1) is 13.6. The molecule has 2 aromatic heterocycles. The topological polar surface area (TPSA) is 75.4 Å². The van der Waals surface area contributed by atoms with Crippen molar-refractivity contribution in [2.45, 2.75) is 50.2 Å². The predicted octanol–water partition coefficient (Wildman–Crippen LogP) is 4.31. The van der Waals surface area contributed by atoms with Gasteiger partial charge in [-0.05, 0) is 68.7 Å². The highest BCUT2D eigenvalue weighted by molar-refractivity contribution is 5.96. The van der Waals surface area contributed by atoms with Crippen LogP contribution >= 0.6 is 0 Å². The molecule has 0 saturated heterocycles. The Morgan fingerprint density at radius 2 is 1.82 bits per heavy atom. The van der Waals surface area contributed by atoms with Crippen LogP contribution in [-0.4, -0.2) is 27.6 Å². The Bertz CT molecular complexity index is 996. The van der Waals surface area contributed by atoms with Crippen LogP contribution in [0.3, 0.4) is 0 Å². The molecule has 5 rings (SSSR count). The summed E-state index contributed by atoms with van der Waals surface area (Å²) < 4.78 is 5.44. The SMILES string of the molecule is O=C(N[C@H]1CC[C@H](C2(O)CC2)CC1)c1ccc(-c2nccc3occc23)cc1. The zero-order valence-corrected chi connectivity index (χ0v) is 15.7. The number of hydrogen-bond acceptors (Lipinski definition) is 4. The predicted molar refractivity (Wildman–Crippen MR) is 107 cm³/mol. The van der Waals surface area contributed by atoms with Crippen LogP contribution < -0.4 is 5.32 Å². The molecule has 0 spiro atoms. The lowest BCUT2D eigenvalue weighted by Gasteiger charge is -2.32. The lowest BCUT2D eigenvalue weighted by molar-refractivity contribution is 0.0541. The molecule has 0 aliphatic heterocycles. The molecule has 2 fully saturated rings. The number of rotatable bonds is 4. The van der Waals surface area contributed by atoms with Crippen LogP contribution in [-0.2, 0) is 0 Å². The van der Waals surface area contributed by atoms with Crippen molar-refractivity contribution < 1.29 is 14.3 Å². The summed E-state index contributed by atoms with van der Waals surface area (Å²) in [5.74, 6) is 0.382. The second-order valence-electron chi connectivity index (χ2n) is 8.19. The highest BCUT2D eigenvalue weighted by Gasteiger charge is 2.48. The molecule has 2 heterocycles. The van der Waals surface area contributed by atoms with E-state index in [9.17, 15) is 9.90 Å². The molecule has 1 aromatic carbocycles. The zero-order valence-electron chi connectivity index (χ0n) is 15.7. The highest BCUT2D eigenvalue weighted by Crippen LogP contribution is 2.48. The first-order valence-electron chi connectivity index (χ1n) is 10.1. The van der Waals surface area contributed by atoms with Crippen molar-refractivity contribution in [1.82, 2.24) is 10.3 Å². The average molecular weight is 376 g/mol. The smallest absolute Gasteiger partial charge is 0.251 e. The molecule has 5 nitrogen and oxygen atoms in total.